The van der Waals surface area contributed by atoms with E-state index in [4.69, 9.17) is 0 Å². The van der Waals surface area contributed by atoms with Crippen LogP contribution >= 0.6 is 0 Å². The third-order valence-corrected chi connectivity index (χ3v) is 5.13. The first-order valence-corrected chi connectivity index (χ1v) is 10.4. The smallest absolute Gasteiger partial charge is 0.223 e. The molecule has 0 spiro atoms. The van der Waals surface area contributed by atoms with Crippen LogP contribution in [0.5, 0.6) is 0 Å². The average molecular weight is 395 g/mol. The van der Waals surface area contributed by atoms with Crippen molar-refractivity contribution in [1.29, 1.82) is 0 Å². The Morgan fingerprint density at radius 1 is 0.966 bits per heavy atom. The summed E-state index contributed by atoms with van der Waals surface area (Å²) in [5, 5.41) is 2.97. The second-order valence-corrected chi connectivity index (χ2v) is 8.28. The number of amides is 2. The molecule has 0 radical (unpaired) electrons. The van der Waals surface area contributed by atoms with Crippen LogP contribution in [0, 0.1) is 6.92 Å². The largest absolute Gasteiger partial charge is 0.352 e. The van der Waals surface area contributed by atoms with Gasteiger partial charge in [0.1, 0.15) is 0 Å². The van der Waals surface area contributed by atoms with Crippen LogP contribution in [0.25, 0.3) is 0 Å². The van der Waals surface area contributed by atoms with Crippen LogP contribution < -0.4 is 10.2 Å². The van der Waals surface area contributed by atoms with E-state index < -0.39 is 0 Å². The third kappa shape index (κ3) is 6.18. The minimum absolute atomic E-state index is 0.0357. The number of anilines is 1. The van der Waals surface area contributed by atoms with Crippen molar-refractivity contribution in [2.75, 3.05) is 11.4 Å². The maximum Gasteiger partial charge on any atom is 0.223 e. The molecule has 0 saturated carbocycles. The Morgan fingerprint density at radius 3 is 2.07 bits per heavy atom. The highest BCUT2D eigenvalue weighted by atomic mass is 16.2. The molecule has 4 heteroatoms. The Labute approximate surface area is 175 Å². The van der Waals surface area contributed by atoms with Crippen LogP contribution in [-0.2, 0) is 16.1 Å². The van der Waals surface area contributed by atoms with Crippen LogP contribution in [0.3, 0.4) is 0 Å². The van der Waals surface area contributed by atoms with E-state index >= 15 is 0 Å². The van der Waals surface area contributed by atoms with Crippen molar-refractivity contribution in [3.63, 3.8) is 0 Å². The molecule has 2 amide bonds. The molecule has 2 rings (SSSR count). The quantitative estimate of drug-likeness (QED) is 0.660. The number of carbonyl (C=O) groups is 2. The van der Waals surface area contributed by atoms with Crippen LogP contribution in [0.1, 0.15) is 75.1 Å². The monoisotopic (exact) mass is 394 g/mol. The Bertz CT molecular complexity index is 829. The summed E-state index contributed by atoms with van der Waals surface area (Å²) in [4.78, 5) is 26.7. The van der Waals surface area contributed by atoms with Crippen molar-refractivity contribution in [1.82, 2.24) is 5.32 Å². The number of hydrogen-bond donors (Lipinski definition) is 1. The van der Waals surface area contributed by atoms with Crippen molar-refractivity contribution in [3.05, 3.63) is 64.7 Å². The lowest BCUT2D eigenvalue weighted by molar-refractivity contribution is -0.121. The maximum atomic E-state index is 12.5. The van der Waals surface area contributed by atoms with E-state index in [-0.39, 0.29) is 18.2 Å². The Morgan fingerprint density at radius 2 is 1.55 bits per heavy atom. The molecule has 4 nitrogen and oxygen atoms in total. The highest BCUT2D eigenvalue weighted by Gasteiger charge is 2.22. The molecular formula is C25H34N2O2. The van der Waals surface area contributed by atoms with Gasteiger partial charge in [0.15, 0.2) is 0 Å². The maximum absolute atomic E-state index is 12.5. The van der Waals surface area contributed by atoms with Crippen LogP contribution in [0.4, 0.5) is 5.69 Å². The molecule has 2 aromatic carbocycles. The van der Waals surface area contributed by atoms with Gasteiger partial charge in [-0.1, -0.05) is 75.7 Å². The third-order valence-electron chi connectivity index (χ3n) is 5.13. The molecule has 0 atom stereocenters. The molecular weight excluding hydrogens is 360 g/mol. The van der Waals surface area contributed by atoms with Gasteiger partial charge in [0.05, 0.1) is 5.69 Å². The number of benzene rings is 2. The molecule has 0 aliphatic carbocycles. The van der Waals surface area contributed by atoms with E-state index in [2.05, 4.69) is 57.3 Å². The van der Waals surface area contributed by atoms with Gasteiger partial charge < -0.3 is 10.2 Å². The molecule has 156 valence electrons. The number of para-hydroxylation sites is 1. The van der Waals surface area contributed by atoms with Crippen molar-refractivity contribution >= 4 is 17.5 Å². The lowest BCUT2D eigenvalue weighted by atomic mass is 9.91. The molecule has 29 heavy (non-hydrogen) atoms. The van der Waals surface area contributed by atoms with E-state index in [0.717, 1.165) is 22.4 Å². The Kier molecular flexibility index (Phi) is 8.00. The highest BCUT2D eigenvalue weighted by molar-refractivity contribution is 5.94. The van der Waals surface area contributed by atoms with Gasteiger partial charge in [-0.15, -0.1) is 0 Å². The van der Waals surface area contributed by atoms with Crippen molar-refractivity contribution < 1.29 is 9.59 Å². The molecule has 0 unspecified atom stereocenters. The van der Waals surface area contributed by atoms with Gasteiger partial charge in [-0.3, -0.25) is 9.59 Å². The number of nitrogens with one attached hydrogen (secondary N) is 1. The van der Waals surface area contributed by atoms with Crippen molar-refractivity contribution in [2.24, 2.45) is 0 Å². The van der Waals surface area contributed by atoms with E-state index in [1.54, 1.807) is 11.8 Å². The van der Waals surface area contributed by atoms with E-state index in [1.165, 1.54) is 5.56 Å². The fraction of sp³-hybridized carbons (Fsp3) is 0.440. The van der Waals surface area contributed by atoms with Gasteiger partial charge in [0.25, 0.3) is 0 Å². The number of nitrogens with zero attached hydrogens (tertiary/aromatic N) is 1. The molecule has 0 aliphatic rings. The summed E-state index contributed by atoms with van der Waals surface area (Å²) in [7, 11) is 0. The summed E-state index contributed by atoms with van der Waals surface area (Å²) < 4.78 is 0. The summed E-state index contributed by atoms with van der Waals surface area (Å²) in [5.74, 6) is 0.499. The first kappa shape index (κ1) is 22.7. The molecule has 0 fully saturated rings. The van der Waals surface area contributed by atoms with Crippen LogP contribution in [-0.4, -0.2) is 18.4 Å². The van der Waals surface area contributed by atoms with Gasteiger partial charge in [-0.05, 0) is 35.4 Å². The first-order chi connectivity index (χ1) is 13.7. The number of rotatable bonds is 8. The number of carbonyl (C=O) groups excluding carboxylic acids is 2. The lowest BCUT2D eigenvalue weighted by Gasteiger charge is -2.29. The summed E-state index contributed by atoms with van der Waals surface area (Å²) >= 11 is 0. The second kappa shape index (κ2) is 10.2. The first-order valence-electron chi connectivity index (χ1n) is 10.4. The normalized spacial score (nSPS) is 11.0. The molecule has 0 aromatic heterocycles. The number of aryl methyl sites for hydroxylation is 1. The van der Waals surface area contributed by atoms with Crippen LogP contribution in [0.2, 0.25) is 0 Å². The number of hydrogen-bond acceptors (Lipinski definition) is 2. The predicted octanol–water partition coefficient (Wildman–Crippen LogP) is 5.30. The van der Waals surface area contributed by atoms with Gasteiger partial charge in [-0.2, -0.15) is 0 Å². The van der Waals surface area contributed by atoms with Crippen molar-refractivity contribution in [2.45, 2.75) is 66.3 Å². The molecule has 0 heterocycles. The minimum atomic E-state index is -0.0501. The van der Waals surface area contributed by atoms with E-state index in [9.17, 15) is 9.59 Å². The van der Waals surface area contributed by atoms with E-state index in [1.807, 2.05) is 25.1 Å². The highest BCUT2D eigenvalue weighted by Crippen LogP contribution is 2.35. The summed E-state index contributed by atoms with van der Waals surface area (Å²) in [5.41, 5.74) is 5.51. The summed E-state index contributed by atoms with van der Waals surface area (Å²) in [6.45, 7) is 13.0. The predicted molar refractivity (Wildman–Crippen MR) is 120 cm³/mol. The zero-order valence-electron chi connectivity index (χ0n) is 18.6. The fourth-order valence-electron chi connectivity index (χ4n) is 3.57. The molecule has 0 bridgehead atoms. The van der Waals surface area contributed by atoms with Gasteiger partial charge in [-0.25, -0.2) is 0 Å². The van der Waals surface area contributed by atoms with Crippen LogP contribution in [0.15, 0.2) is 42.5 Å². The van der Waals surface area contributed by atoms with E-state index in [0.29, 0.717) is 24.9 Å². The zero-order valence-corrected chi connectivity index (χ0v) is 18.6. The standard InChI is InChI=1S/C25H34N2O2/c1-17(2)22-11-8-12-23(18(3)4)25(22)27(20(6)28)14-13-24(29)26-16-21-10-7-9-19(5)15-21/h7-12,15,17-18H,13-14,16H2,1-6H3,(H,26,29). The fourth-order valence-corrected chi connectivity index (χ4v) is 3.57. The van der Waals surface area contributed by atoms with Gasteiger partial charge >= 0.3 is 0 Å². The Hall–Kier alpha value is -2.62. The Balaban J connectivity index is 2.15. The van der Waals surface area contributed by atoms with Crippen molar-refractivity contribution in [3.8, 4) is 0 Å². The van der Waals surface area contributed by atoms with Gasteiger partial charge in [0.2, 0.25) is 11.8 Å². The molecule has 0 saturated heterocycles. The minimum Gasteiger partial charge on any atom is -0.352 e. The lowest BCUT2D eigenvalue weighted by Crippen LogP contribution is -2.35. The topological polar surface area (TPSA) is 49.4 Å². The SMILES string of the molecule is CC(=O)N(CCC(=O)NCc1cccc(C)c1)c1c(C(C)C)cccc1C(C)C. The molecule has 2 aromatic rings. The zero-order chi connectivity index (χ0) is 21.6. The summed E-state index contributed by atoms with van der Waals surface area (Å²) in [6, 6.07) is 14.3. The second-order valence-electron chi connectivity index (χ2n) is 8.28. The average Bonchev–Trinajstić information content (AvgIpc) is 2.66. The summed E-state index contributed by atoms with van der Waals surface area (Å²) in [6.07, 6.45) is 0.273. The van der Waals surface area contributed by atoms with Gasteiger partial charge in [0, 0.05) is 26.4 Å². The molecule has 0 aliphatic heterocycles. The molecule has 1 N–H and O–H groups in total.